The van der Waals surface area contributed by atoms with Gasteiger partial charge in [-0.25, -0.2) is 4.79 Å². The second kappa shape index (κ2) is 4.09. The van der Waals surface area contributed by atoms with E-state index >= 15 is 0 Å². The number of pyridine rings is 1. The summed E-state index contributed by atoms with van der Waals surface area (Å²) in [5.74, 6) is -0.959. The number of thiocarbonyl (C=S) groups is 1. The van der Waals surface area contributed by atoms with Gasteiger partial charge >= 0.3 is 5.97 Å². The molecule has 0 radical (unpaired) electrons. The van der Waals surface area contributed by atoms with Crippen LogP contribution in [0.4, 0.5) is 0 Å². The largest absolute Gasteiger partial charge is 0.478 e. The highest BCUT2D eigenvalue weighted by atomic mass is 32.1. The zero-order chi connectivity index (χ0) is 9.84. The van der Waals surface area contributed by atoms with E-state index in [1.807, 2.05) is 0 Å². The number of carboxylic acids is 1. The van der Waals surface area contributed by atoms with Crippen molar-refractivity contribution in [1.29, 1.82) is 0 Å². The van der Waals surface area contributed by atoms with Crippen molar-refractivity contribution in [2.75, 3.05) is 0 Å². The van der Waals surface area contributed by atoms with Crippen LogP contribution < -0.4 is 0 Å². The Morgan fingerprint density at radius 2 is 2.38 bits per heavy atom. The van der Waals surface area contributed by atoms with Crippen LogP contribution in [0.1, 0.15) is 23.0 Å². The third-order valence-electron chi connectivity index (χ3n) is 1.54. The molecular weight excluding hydrogens is 186 g/mol. The molecule has 0 spiro atoms. The Morgan fingerprint density at radius 3 is 2.92 bits per heavy atom. The monoisotopic (exact) mass is 195 g/mol. The Kier molecular flexibility index (Phi) is 3.08. The third-order valence-corrected chi connectivity index (χ3v) is 1.68. The van der Waals surface area contributed by atoms with Crippen LogP contribution in [0.3, 0.4) is 0 Å². The van der Waals surface area contributed by atoms with E-state index in [4.69, 9.17) is 17.3 Å². The number of hydrogen-bond donors (Lipinski definition) is 1. The predicted octanol–water partition coefficient (Wildman–Crippen LogP) is 1.71. The van der Waals surface area contributed by atoms with Crippen LogP contribution in [-0.2, 0) is 6.42 Å². The summed E-state index contributed by atoms with van der Waals surface area (Å²) in [7, 11) is 0. The van der Waals surface area contributed by atoms with Crippen molar-refractivity contribution in [1.82, 2.24) is 4.98 Å². The minimum atomic E-state index is -0.959. The fraction of sp³-hybridized carbons (Fsp3) is 0.222. The SMILES string of the molecule is CC(=S)Cc1ncccc1C(=O)O. The highest BCUT2D eigenvalue weighted by Crippen LogP contribution is 2.06. The summed E-state index contributed by atoms with van der Waals surface area (Å²) in [5.41, 5.74) is 0.759. The van der Waals surface area contributed by atoms with Crippen LogP contribution in [0.5, 0.6) is 0 Å². The molecule has 0 saturated heterocycles. The number of hydrogen-bond acceptors (Lipinski definition) is 3. The molecule has 0 aliphatic carbocycles. The highest BCUT2D eigenvalue weighted by Gasteiger charge is 2.09. The van der Waals surface area contributed by atoms with Crippen LogP contribution in [0.15, 0.2) is 18.3 Å². The quantitative estimate of drug-likeness (QED) is 0.746. The van der Waals surface area contributed by atoms with Gasteiger partial charge in [-0.3, -0.25) is 4.98 Å². The minimum absolute atomic E-state index is 0.228. The molecule has 1 N–H and O–H groups in total. The van der Waals surface area contributed by atoms with Gasteiger partial charge in [0.1, 0.15) is 0 Å². The Labute approximate surface area is 81.4 Å². The van der Waals surface area contributed by atoms with Crippen molar-refractivity contribution in [3.8, 4) is 0 Å². The molecule has 0 aliphatic heterocycles. The van der Waals surface area contributed by atoms with Crippen LogP contribution >= 0.6 is 12.2 Å². The van der Waals surface area contributed by atoms with Gasteiger partial charge in [0.25, 0.3) is 0 Å². The lowest BCUT2D eigenvalue weighted by Gasteiger charge is -2.02. The molecule has 0 bridgehead atoms. The number of rotatable bonds is 3. The number of aromatic nitrogens is 1. The molecular formula is C9H9NO2S. The summed E-state index contributed by atoms with van der Waals surface area (Å²) >= 11 is 4.89. The van der Waals surface area contributed by atoms with Crippen molar-refractivity contribution in [2.24, 2.45) is 0 Å². The second-order valence-corrected chi connectivity index (χ2v) is 3.38. The average Bonchev–Trinajstić information content (AvgIpc) is 2.03. The fourth-order valence-corrected chi connectivity index (χ4v) is 1.15. The van der Waals surface area contributed by atoms with E-state index in [0.717, 1.165) is 4.86 Å². The molecule has 3 nitrogen and oxygen atoms in total. The van der Waals surface area contributed by atoms with E-state index in [2.05, 4.69) is 4.98 Å². The van der Waals surface area contributed by atoms with Gasteiger partial charge in [-0.1, -0.05) is 12.2 Å². The molecule has 68 valence electrons. The Morgan fingerprint density at radius 1 is 1.69 bits per heavy atom. The number of carbonyl (C=O) groups is 1. The predicted molar refractivity (Wildman–Crippen MR) is 53.2 cm³/mol. The molecule has 0 unspecified atom stereocenters. The molecule has 4 heteroatoms. The summed E-state index contributed by atoms with van der Waals surface area (Å²) in [6.45, 7) is 1.77. The molecule has 0 fully saturated rings. The minimum Gasteiger partial charge on any atom is -0.478 e. The van der Waals surface area contributed by atoms with Crippen molar-refractivity contribution < 1.29 is 9.90 Å². The van der Waals surface area contributed by atoms with E-state index in [0.29, 0.717) is 12.1 Å². The van der Waals surface area contributed by atoms with Gasteiger partial charge in [-0.05, 0) is 23.9 Å². The summed E-state index contributed by atoms with van der Waals surface area (Å²) in [4.78, 5) is 15.4. The van der Waals surface area contributed by atoms with Gasteiger partial charge < -0.3 is 5.11 Å². The van der Waals surface area contributed by atoms with Gasteiger partial charge in [0, 0.05) is 12.6 Å². The first-order valence-corrected chi connectivity index (χ1v) is 4.18. The van der Waals surface area contributed by atoms with Crippen LogP contribution in [0, 0.1) is 0 Å². The summed E-state index contributed by atoms with van der Waals surface area (Å²) < 4.78 is 0. The van der Waals surface area contributed by atoms with E-state index in [1.165, 1.54) is 6.07 Å². The Balaban J connectivity index is 3.04. The summed E-state index contributed by atoms with van der Waals surface area (Å²) in [6, 6.07) is 3.13. The van der Waals surface area contributed by atoms with Gasteiger partial charge in [0.05, 0.1) is 11.3 Å². The lowest BCUT2D eigenvalue weighted by molar-refractivity contribution is 0.0695. The van der Waals surface area contributed by atoms with Gasteiger partial charge in [-0.2, -0.15) is 0 Å². The maximum atomic E-state index is 10.7. The molecule has 0 saturated carbocycles. The number of nitrogens with zero attached hydrogens (tertiary/aromatic N) is 1. The van der Waals surface area contributed by atoms with Gasteiger partial charge in [0.2, 0.25) is 0 Å². The van der Waals surface area contributed by atoms with Crippen LogP contribution in [0.25, 0.3) is 0 Å². The Bertz CT molecular complexity index is 349. The maximum absolute atomic E-state index is 10.7. The molecule has 0 aromatic carbocycles. The first-order chi connectivity index (χ1) is 6.11. The molecule has 13 heavy (non-hydrogen) atoms. The highest BCUT2D eigenvalue weighted by molar-refractivity contribution is 7.80. The van der Waals surface area contributed by atoms with Crippen molar-refractivity contribution >= 4 is 23.1 Å². The van der Waals surface area contributed by atoms with Gasteiger partial charge in [0.15, 0.2) is 0 Å². The third kappa shape index (κ3) is 2.59. The first-order valence-electron chi connectivity index (χ1n) is 3.78. The molecule has 1 heterocycles. The van der Waals surface area contributed by atoms with E-state index in [9.17, 15) is 4.79 Å². The molecule has 1 rings (SSSR count). The lowest BCUT2D eigenvalue weighted by atomic mass is 10.1. The molecule has 1 aromatic heterocycles. The Hall–Kier alpha value is -1.29. The summed E-state index contributed by atoms with van der Waals surface area (Å²) in [5, 5.41) is 8.80. The second-order valence-electron chi connectivity index (χ2n) is 2.68. The number of aromatic carboxylic acids is 1. The average molecular weight is 195 g/mol. The molecule has 0 aliphatic rings. The summed E-state index contributed by atoms with van der Waals surface area (Å²) in [6.07, 6.45) is 2.01. The van der Waals surface area contributed by atoms with Crippen LogP contribution in [-0.4, -0.2) is 20.9 Å². The molecule has 1 aromatic rings. The number of carboxylic acid groups (broad SMARTS) is 1. The van der Waals surface area contributed by atoms with Crippen LogP contribution in [0.2, 0.25) is 0 Å². The standard InChI is InChI=1S/C9H9NO2S/c1-6(13)5-8-7(9(11)12)3-2-4-10-8/h2-4H,5H2,1H3,(H,11,12). The van der Waals surface area contributed by atoms with Gasteiger partial charge in [-0.15, -0.1) is 0 Å². The van der Waals surface area contributed by atoms with Crippen molar-refractivity contribution in [3.05, 3.63) is 29.6 Å². The molecule has 0 atom stereocenters. The van der Waals surface area contributed by atoms with Crippen molar-refractivity contribution in [3.63, 3.8) is 0 Å². The van der Waals surface area contributed by atoms with E-state index in [1.54, 1.807) is 19.2 Å². The zero-order valence-electron chi connectivity index (χ0n) is 7.15. The first kappa shape index (κ1) is 9.80. The van der Waals surface area contributed by atoms with E-state index < -0.39 is 5.97 Å². The zero-order valence-corrected chi connectivity index (χ0v) is 7.97. The topological polar surface area (TPSA) is 50.2 Å². The molecule has 0 amide bonds. The fourth-order valence-electron chi connectivity index (χ4n) is 1.01. The smallest absolute Gasteiger partial charge is 0.337 e. The lowest BCUT2D eigenvalue weighted by Crippen LogP contribution is -2.07. The maximum Gasteiger partial charge on any atom is 0.337 e. The van der Waals surface area contributed by atoms with Crippen molar-refractivity contribution in [2.45, 2.75) is 13.3 Å². The van der Waals surface area contributed by atoms with E-state index in [-0.39, 0.29) is 5.56 Å². The normalized spacial score (nSPS) is 9.62.